The first kappa shape index (κ1) is 13.1. The molecule has 0 aliphatic rings. The summed E-state index contributed by atoms with van der Waals surface area (Å²) in [6.07, 6.45) is -0.143. The maximum atomic E-state index is 12.5. The molecule has 3 N–H and O–H groups in total. The summed E-state index contributed by atoms with van der Waals surface area (Å²) in [6, 6.07) is 1.53. The van der Waals surface area contributed by atoms with Crippen molar-refractivity contribution in [2.24, 2.45) is 5.84 Å². The van der Waals surface area contributed by atoms with Crippen molar-refractivity contribution in [3.63, 3.8) is 0 Å². The first-order valence-corrected chi connectivity index (χ1v) is 4.55. The van der Waals surface area contributed by atoms with Crippen molar-refractivity contribution in [2.75, 3.05) is 5.43 Å². The number of nitrogen functional groups attached to an aromatic ring is 1. The summed E-state index contributed by atoms with van der Waals surface area (Å²) in [5.41, 5.74) is 1.11. The molecule has 0 fully saturated rings. The Morgan fingerprint density at radius 2 is 2.18 bits per heavy atom. The van der Waals surface area contributed by atoms with E-state index in [1.165, 1.54) is 6.92 Å². The zero-order valence-electron chi connectivity index (χ0n) is 8.88. The maximum Gasteiger partial charge on any atom is 0.416 e. The van der Waals surface area contributed by atoms with E-state index in [1.807, 2.05) is 5.43 Å². The van der Waals surface area contributed by atoms with Gasteiger partial charge in [-0.05, 0) is 13.0 Å². The molecule has 0 spiro atoms. The molecule has 1 atom stereocenters. The van der Waals surface area contributed by atoms with Crippen LogP contribution in [0.25, 0.3) is 0 Å². The normalized spacial score (nSPS) is 12.7. The Morgan fingerprint density at radius 1 is 1.53 bits per heavy atom. The number of halogens is 3. The lowest BCUT2D eigenvalue weighted by Crippen LogP contribution is -2.15. The van der Waals surface area contributed by atoms with Crippen LogP contribution in [0.1, 0.15) is 12.5 Å². The van der Waals surface area contributed by atoms with E-state index < -0.39 is 17.8 Å². The van der Waals surface area contributed by atoms with Gasteiger partial charge in [0.15, 0.2) is 6.10 Å². The number of terminal acetylenes is 1. The van der Waals surface area contributed by atoms with Gasteiger partial charge >= 0.3 is 6.18 Å². The number of nitrogens with one attached hydrogen (secondary N) is 1. The minimum atomic E-state index is -4.51. The first-order valence-electron chi connectivity index (χ1n) is 4.55. The van der Waals surface area contributed by atoms with Gasteiger partial charge < -0.3 is 10.2 Å². The van der Waals surface area contributed by atoms with E-state index in [1.54, 1.807) is 0 Å². The summed E-state index contributed by atoms with van der Waals surface area (Å²) in [5.74, 6) is 6.84. The van der Waals surface area contributed by atoms with Crippen molar-refractivity contribution in [1.29, 1.82) is 0 Å². The van der Waals surface area contributed by atoms with Crippen LogP contribution < -0.4 is 16.0 Å². The van der Waals surface area contributed by atoms with E-state index in [9.17, 15) is 13.2 Å². The zero-order valence-corrected chi connectivity index (χ0v) is 8.88. The lowest BCUT2D eigenvalue weighted by Gasteiger charge is -2.13. The van der Waals surface area contributed by atoms with Crippen molar-refractivity contribution >= 4 is 5.82 Å². The summed E-state index contributed by atoms with van der Waals surface area (Å²) in [5, 5.41) is 0. The fraction of sp³-hybridized carbons (Fsp3) is 0.300. The molecule has 1 unspecified atom stereocenters. The average molecular weight is 245 g/mol. The Hall–Kier alpha value is -1.94. The van der Waals surface area contributed by atoms with E-state index >= 15 is 0 Å². The second-order valence-corrected chi connectivity index (χ2v) is 3.15. The van der Waals surface area contributed by atoms with Crippen LogP contribution in [-0.4, -0.2) is 11.1 Å². The Bertz CT molecular complexity index is 439. The molecule has 1 aromatic heterocycles. The van der Waals surface area contributed by atoms with Gasteiger partial charge in [0.1, 0.15) is 5.82 Å². The molecule has 1 aromatic rings. The molecule has 0 radical (unpaired) electrons. The van der Waals surface area contributed by atoms with Crippen LogP contribution in [0.2, 0.25) is 0 Å². The Labute approximate surface area is 95.9 Å². The maximum absolute atomic E-state index is 12.5. The predicted molar refractivity (Wildman–Crippen MR) is 56.0 cm³/mol. The van der Waals surface area contributed by atoms with Gasteiger partial charge in [0.25, 0.3) is 0 Å². The number of anilines is 1. The molecule has 0 saturated carbocycles. The molecule has 1 heterocycles. The van der Waals surface area contributed by atoms with Gasteiger partial charge in [0.05, 0.1) is 5.56 Å². The number of hydrogen-bond donors (Lipinski definition) is 2. The second kappa shape index (κ2) is 4.93. The SMILES string of the molecule is C#CC(C)Oc1cc(C(F)(F)F)cc(NN)n1. The fourth-order valence-corrected chi connectivity index (χ4v) is 1.02. The molecular weight excluding hydrogens is 235 g/mol. The molecule has 17 heavy (non-hydrogen) atoms. The molecule has 4 nitrogen and oxygen atoms in total. The summed E-state index contributed by atoms with van der Waals surface area (Å²) in [7, 11) is 0. The molecule has 0 aliphatic carbocycles. The lowest BCUT2D eigenvalue weighted by atomic mass is 10.2. The van der Waals surface area contributed by atoms with Crippen LogP contribution in [0.15, 0.2) is 12.1 Å². The van der Waals surface area contributed by atoms with E-state index in [0.29, 0.717) is 0 Å². The number of pyridine rings is 1. The number of nitrogens with two attached hydrogens (primary N) is 1. The molecule has 0 amide bonds. The number of ether oxygens (including phenoxy) is 1. The van der Waals surface area contributed by atoms with E-state index in [-0.39, 0.29) is 11.7 Å². The summed E-state index contributed by atoms with van der Waals surface area (Å²) in [4.78, 5) is 3.70. The van der Waals surface area contributed by atoms with Gasteiger partial charge in [0, 0.05) is 6.07 Å². The number of hydrazine groups is 1. The summed E-state index contributed by atoms with van der Waals surface area (Å²) >= 11 is 0. The third-order valence-electron chi connectivity index (χ3n) is 1.81. The third-order valence-corrected chi connectivity index (χ3v) is 1.81. The molecule has 7 heteroatoms. The minimum absolute atomic E-state index is 0.154. The highest BCUT2D eigenvalue weighted by Crippen LogP contribution is 2.32. The third kappa shape index (κ3) is 3.53. The summed E-state index contributed by atoms with van der Waals surface area (Å²) < 4.78 is 42.5. The van der Waals surface area contributed by atoms with Crippen LogP contribution in [0, 0.1) is 12.3 Å². The van der Waals surface area contributed by atoms with Crippen molar-refractivity contribution < 1.29 is 17.9 Å². The lowest BCUT2D eigenvalue weighted by molar-refractivity contribution is -0.137. The highest BCUT2D eigenvalue weighted by atomic mass is 19.4. The van der Waals surface area contributed by atoms with Gasteiger partial charge in [-0.15, -0.1) is 6.42 Å². The van der Waals surface area contributed by atoms with Crippen molar-refractivity contribution in [3.05, 3.63) is 17.7 Å². The molecule has 0 aliphatic heterocycles. The highest BCUT2D eigenvalue weighted by molar-refractivity contribution is 5.41. The molecule has 1 rings (SSSR count). The van der Waals surface area contributed by atoms with Crippen molar-refractivity contribution in [2.45, 2.75) is 19.2 Å². The second-order valence-electron chi connectivity index (χ2n) is 3.15. The van der Waals surface area contributed by atoms with Crippen molar-refractivity contribution in [3.8, 4) is 18.2 Å². The van der Waals surface area contributed by atoms with E-state index in [4.69, 9.17) is 17.0 Å². The van der Waals surface area contributed by atoms with Gasteiger partial charge in [-0.2, -0.15) is 18.2 Å². The van der Waals surface area contributed by atoms with E-state index in [2.05, 4.69) is 10.9 Å². The van der Waals surface area contributed by atoms with Gasteiger partial charge in [-0.25, -0.2) is 5.84 Å². The molecule has 0 bridgehead atoms. The number of aromatic nitrogens is 1. The quantitative estimate of drug-likeness (QED) is 0.484. The Balaban J connectivity index is 3.11. The zero-order chi connectivity index (χ0) is 13.1. The minimum Gasteiger partial charge on any atom is -0.461 e. The molecule has 92 valence electrons. The van der Waals surface area contributed by atoms with Crippen molar-refractivity contribution in [1.82, 2.24) is 4.98 Å². The van der Waals surface area contributed by atoms with Crippen LogP contribution in [0.5, 0.6) is 5.88 Å². The monoisotopic (exact) mass is 245 g/mol. The largest absolute Gasteiger partial charge is 0.461 e. The van der Waals surface area contributed by atoms with Gasteiger partial charge in [-0.1, -0.05) is 5.92 Å². The van der Waals surface area contributed by atoms with Gasteiger partial charge in [-0.3, -0.25) is 0 Å². The number of hydrogen-bond acceptors (Lipinski definition) is 4. The fourth-order valence-electron chi connectivity index (χ4n) is 1.02. The standard InChI is InChI=1S/C10H10F3N3O/c1-3-6(2)17-9-5-7(10(11,12)13)4-8(15-9)16-14/h1,4-6H,14H2,2H3,(H,15,16). The summed E-state index contributed by atoms with van der Waals surface area (Å²) in [6.45, 7) is 1.51. The topological polar surface area (TPSA) is 60.2 Å². The van der Waals surface area contributed by atoms with Crippen LogP contribution in [-0.2, 0) is 6.18 Å². The van der Waals surface area contributed by atoms with Crippen LogP contribution in [0.4, 0.5) is 19.0 Å². The Kier molecular flexibility index (Phi) is 3.81. The van der Waals surface area contributed by atoms with Crippen LogP contribution >= 0.6 is 0 Å². The van der Waals surface area contributed by atoms with Gasteiger partial charge in [0.2, 0.25) is 5.88 Å². The Morgan fingerprint density at radius 3 is 2.65 bits per heavy atom. The smallest absolute Gasteiger partial charge is 0.416 e. The van der Waals surface area contributed by atoms with E-state index in [0.717, 1.165) is 12.1 Å². The molecular formula is C10H10F3N3O. The number of alkyl halides is 3. The molecule has 0 aromatic carbocycles. The highest BCUT2D eigenvalue weighted by Gasteiger charge is 2.32. The first-order chi connectivity index (χ1) is 7.86. The number of nitrogens with zero attached hydrogens (tertiary/aromatic N) is 1. The predicted octanol–water partition coefficient (Wildman–Crippen LogP) is 1.79. The average Bonchev–Trinajstić information content (AvgIpc) is 2.27. The van der Waals surface area contributed by atoms with Crippen LogP contribution in [0.3, 0.4) is 0 Å². The molecule has 0 saturated heterocycles. The number of rotatable bonds is 3.